The van der Waals surface area contributed by atoms with E-state index in [-0.39, 0.29) is 11.6 Å². The predicted octanol–water partition coefficient (Wildman–Crippen LogP) is 6.95. The van der Waals surface area contributed by atoms with Crippen LogP contribution in [0.4, 0.5) is 0 Å². The van der Waals surface area contributed by atoms with Crippen LogP contribution in [0.25, 0.3) is 0 Å². The highest BCUT2D eigenvalue weighted by Crippen LogP contribution is 2.44. The Labute approximate surface area is 244 Å². The Morgan fingerprint density at radius 2 is 1.20 bits per heavy atom. The van der Waals surface area contributed by atoms with Crippen LogP contribution in [0.2, 0.25) is 5.02 Å². The minimum atomic E-state index is -0.745. The average Bonchev–Trinajstić information content (AvgIpc) is 3.67. The summed E-state index contributed by atoms with van der Waals surface area (Å²) in [5.41, 5.74) is 4.17. The minimum absolute atomic E-state index is 0.180. The Morgan fingerprint density at radius 3 is 1.71 bits per heavy atom. The summed E-state index contributed by atoms with van der Waals surface area (Å²) in [5, 5.41) is 3.78. The Kier molecular flexibility index (Phi) is 7.04. The highest BCUT2D eigenvalue weighted by Gasteiger charge is 2.43. The highest BCUT2D eigenvalue weighted by atomic mass is 35.5. The molecule has 6 heteroatoms. The van der Waals surface area contributed by atoms with Gasteiger partial charge >= 0.3 is 0 Å². The molecule has 0 bridgehead atoms. The fourth-order valence-corrected chi connectivity index (χ4v) is 5.60. The standard InChI is InChI=1S/C35H27ClN3O2/c1-38-22-26(21-32(38)34(41)25-17-19-30(36)20-18-25)33(40)31-23-39(24-37-31)35(27-11-5-2-6-12-27,28-13-7-3-8-14-28)29-15-9-4-10-16-29/h2-24,37H,1H3. The third kappa shape index (κ3) is 4.75. The van der Waals surface area contributed by atoms with E-state index in [1.807, 2.05) is 67.5 Å². The number of rotatable bonds is 8. The van der Waals surface area contributed by atoms with Crippen LogP contribution in [0, 0.1) is 6.67 Å². The van der Waals surface area contributed by atoms with Crippen LogP contribution in [-0.2, 0) is 12.6 Å². The summed E-state index contributed by atoms with van der Waals surface area (Å²) in [4.78, 5) is 29.0. The molecule has 0 amide bonds. The molecule has 0 spiro atoms. The summed E-state index contributed by atoms with van der Waals surface area (Å²) >= 11 is 5.99. The second kappa shape index (κ2) is 11.0. The van der Waals surface area contributed by atoms with Gasteiger partial charge in [0.2, 0.25) is 11.6 Å². The third-order valence-electron chi connectivity index (χ3n) is 7.44. The number of ketones is 2. The largest absolute Gasteiger partial charge is 0.358 e. The van der Waals surface area contributed by atoms with Gasteiger partial charge in [-0.05, 0) is 47.0 Å². The topological polar surface area (TPSA) is 54.3 Å². The van der Waals surface area contributed by atoms with Crippen molar-refractivity contribution in [1.82, 2.24) is 14.8 Å². The van der Waals surface area contributed by atoms with Crippen molar-refractivity contribution < 1.29 is 9.59 Å². The molecule has 0 aliphatic carbocycles. The second-order valence-electron chi connectivity index (χ2n) is 9.92. The quantitative estimate of drug-likeness (QED) is 0.166. The van der Waals surface area contributed by atoms with Crippen LogP contribution in [0.3, 0.4) is 0 Å². The SMILES string of the molecule is Cn1cc(C(=O)C2=CN(C(c3ccccc3)(c3ccccc3)c3ccccc3)[CH]N2)cc1C(=O)c1ccc(Cl)cc1. The third-order valence-corrected chi connectivity index (χ3v) is 7.69. The van der Waals surface area contributed by atoms with Gasteiger partial charge in [0, 0.05) is 35.6 Å². The van der Waals surface area contributed by atoms with E-state index in [9.17, 15) is 9.59 Å². The molecule has 0 unspecified atom stereocenters. The number of aromatic nitrogens is 1. The molecular formula is C35H27ClN3O2. The maximum atomic E-state index is 13.8. The van der Waals surface area contributed by atoms with Crippen molar-refractivity contribution in [3.63, 3.8) is 0 Å². The second-order valence-corrected chi connectivity index (χ2v) is 10.4. The van der Waals surface area contributed by atoms with Gasteiger partial charge in [0.1, 0.15) is 17.9 Å². The Bertz CT molecular complexity index is 1630. The number of allylic oxidation sites excluding steroid dienone is 1. The molecule has 2 heterocycles. The summed E-state index contributed by atoms with van der Waals surface area (Å²) < 4.78 is 1.68. The molecule has 0 atom stereocenters. The monoisotopic (exact) mass is 556 g/mol. The first-order chi connectivity index (χ1) is 20.0. The number of carbonyl (C=O) groups excluding carboxylic acids is 2. The molecule has 201 valence electrons. The van der Waals surface area contributed by atoms with E-state index in [0.717, 1.165) is 16.7 Å². The molecule has 0 fully saturated rings. The number of benzene rings is 4. The Morgan fingerprint density at radius 1 is 0.683 bits per heavy atom. The summed E-state index contributed by atoms with van der Waals surface area (Å²) in [7, 11) is 1.76. The van der Waals surface area contributed by atoms with Gasteiger partial charge in [0.05, 0.1) is 5.69 Å². The van der Waals surface area contributed by atoms with E-state index >= 15 is 0 Å². The molecule has 5 aromatic rings. The summed E-state index contributed by atoms with van der Waals surface area (Å²) in [6, 6.07) is 39.2. The van der Waals surface area contributed by atoms with Crippen molar-refractivity contribution in [2.45, 2.75) is 5.54 Å². The number of aryl methyl sites for hydroxylation is 1. The molecule has 0 saturated heterocycles. The van der Waals surface area contributed by atoms with Crippen molar-refractivity contribution in [1.29, 1.82) is 0 Å². The van der Waals surface area contributed by atoms with Crippen LogP contribution in [-0.4, -0.2) is 21.0 Å². The van der Waals surface area contributed by atoms with Gasteiger partial charge in [-0.15, -0.1) is 0 Å². The molecule has 1 aromatic heterocycles. The zero-order valence-electron chi connectivity index (χ0n) is 22.4. The molecule has 1 N–H and O–H groups in total. The van der Waals surface area contributed by atoms with E-state index in [4.69, 9.17) is 11.6 Å². The van der Waals surface area contributed by atoms with Gasteiger partial charge < -0.3 is 14.8 Å². The zero-order chi connectivity index (χ0) is 28.4. The molecule has 1 radical (unpaired) electrons. The summed E-state index contributed by atoms with van der Waals surface area (Å²) in [6.45, 7) is 1.84. The molecule has 1 aliphatic rings. The molecule has 4 aromatic carbocycles. The average molecular weight is 557 g/mol. The summed E-state index contributed by atoms with van der Waals surface area (Å²) in [6.07, 6.45) is 3.54. The maximum absolute atomic E-state index is 13.8. The molecule has 0 saturated carbocycles. The van der Waals surface area contributed by atoms with E-state index in [2.05, 4.69) is 46.6 Å². The Hall–Kier alpha value is -4.87. The van der Waals surface area contributed by atoms with E-state index < -0.39 is 5.54 Å². The van der Waals surface area contributed by atoms with Gasteiger partial charge in [-0.2, -0.15) is 0 Å². The first kappa shape index (κ1) is 26.4. The number of nitrogens with zero attached hydrogens (tertiary/aromatic N) is 2. The number of carbonyl (C=O) groups is 2. The van der Waals surface area contributed by atoms with Crippen molar-refractivity contribution in [2.24, 2.45) is 7.05 Å². The van der Waals surface area contributed by atoms with Gasteiger partial charge in [-0.25, -0.2) is 0 Å². The number of hydrogen-bond acceptors (Lipinski definition) is 4. The fraction of sp³-hybridized carbons (Fsp3) is 0.0571. The van der Waals surface area contributed by atoms with E-state index in [1.165, 1.54) is 0 Å². The molecular weight excluding hydrogens is 530 g/mol. The van der Waals surface area contributed by atoms with Crippen molar-refractivity contribution in [3.05, 3.63) is 185 Å². The number of halogens is 1. The van der Waals surface area contributed by atoms with Crippen LogP contribution >= 0.6 is 11.6 Å². The summed E-state index contributed by atoms with van der Waals surface area (Å²) in [5.74, 6) is -0.390. The van der Waals surface area contributed by atoms with Crippen LogP contribution < -0.4 is 5.32 Å². The van der Waals surface area contributed by atoms with E-state index in [1.54, 1.807) is 48.1 Å². The van der Waals surface area contributed by atoms with Crippen molar-refractivity contribution >= 4 is 23.2 Å². The lowest BCUT2D eigenvalue weighted by molar-refractivity contribution is 0.102. The van der Waals surface area contributed by atoms with Gasteiger partial charge in [-0.3, -0.25) is 9.59 Å². The molecule has 6 rings (SSSR count). The van der Waals surface area contributed by atoms with Gasteiger partial charge in [0.15, 0.2) is 0 Å². The van der Waals surface area contributed by atoms with E-state index in [0.29, 0.717) is 27.5 Å². The smallest absolute Gasteiger partial charge is 0.211 e. The highest BCUT2D eigenvalue weighted by molar-refractivity contribution is 6.30. The number of Topliss-reactive ketones (excluding diaryl/α,β-unsaturated/α-hetero) is 1. The van der Waals surface area contributed by atoms with Gasteiger partial charge in [-0.1, -0.05) is 103 Å². The first-order valence-electron chi connectivity index (χ1n) is 13.3. The molecule has 1 aliphatic heterocycles. The maximum Gasteiger partial charge on any atom is 0.211 e. The normalized spacial score (nSPS) is 13.0. The van der Waals surface area contributed by atoms with Crippen molar-refractivity contribution in [2.75, 3.05) is 0 Å². The van der Waals surface area contributed by atoms with Crippen molar-refractivity contribution in [3.8, 4) is 0 Å². The first-order valence-corrected chi connectivity index (χ1v) is 13.6. The Balaban J connectivity index is 1.41. The van der Waals surface area contributed by atoms with Crippen LogP contribution in [0.15, 0.2) is 139 Å². The minimum Gasteiger partial charge on any atom is -0.358 e. The number of nitrogens with one attached hydrogen (secondary N) is 1. The lowest BCUT2D eigenvalue weighted by Gasteiger charge is -2.43. The lowest BCUT2D eigenvalue weighted by Crippen LogP contribution is -2.43. The predicted molar refractivity (Wildman–Crippen MR) is 161 cm³/mol. The fourth-order valence-electron chi connectivity index (χ4n) is 5.47. The zero-order valence-corrected chi connectivity index (χ0v) is 23.1. The van der Waals surface area contributed by atoms with Crippen LogP contribution in [0.1, 0.15) is 43.1 Å². The molecule has 41 heavy (non-hydrogen) atoms. The lowest BCUT2D eigenvalue weighted by atomic mass is 9.76. The molecule has 5 nitrogen and oxygen atoms in total. The van der Waals surface area contributed by atoms with Gasteiger partial charge in [0.25, 0.3) is 0 Å². The van der Waals surface area contributed by atoms with Crippen LogP contribution in [0.5, 0.6) is 0 Å². The number of hydrogen-bond donors (Lipinski definition) is 1.